The number of nitrogens with zero attached hydrogens (tertiary/aromatic N) is 1. The smallest absolute Gasteiger partial charge is 0.243 e. The van der Waals surface area contributed by atoms with E-state index in [2.05, 4.69) is 10.6 Å². The van der Waals surface area contributed by atoms with Gasteiger partial charge < -0.3 is 10.6 Å². The first-order valence-corrected chi connectivity index (χ1v) is 10.1. The molecule has 2 aliphatic heterocycles. The first-order valence-electron chi connectivity index (χ1n) is 8.67. The molecule has 132 valence electrons. The average Bonchev–Trinajstić information content (AvgIpc) is 2.63. The van der Waals surface area contributed by atoms with Gasteiger partial charge in [0.1, 0.15) is 6.04 Å². The van der Waals surface area contributed by atoms with Crippen LogP contribution in [0.4, 0.5) is 0 Å². The summed E-state index contributed by atoms with van der Waals surface area (Å²) in [4.78, 5) is 13.0. The monoisotopic (exact) mass is 351 g/mol. The maximum Gasteiger partial charge on any atom is 0.243 e. The third kappa shape index (κ3) is 3.79. The first kappa shape index (κ1) is 17.4. The molecular formula is C17H25N3O3S. The number of benzene rings is 1. The number of carbonyl (C=O) groups is 1. The van der Waals surface area contributed by atoms with E-state index in [1.807, 2.05) is 0 Å². The lowest BCUT2D eigenvalue weighted by molar-refractivity contribution is -0.126. The number of hydrogen-bond donors (Lipinski definition) is 2. The SMILES string of the molecule is O=C(N[C@H]1CCCNC1)C1CCCCN1S(=O)(=O)c1ccccc1. The summed E-state index contributed by atoms with van der Waals surface area (Å²) in [7, 11) is -3.64. The molecule has 2 saturated heterocycles. The summed E-state index contributed by atoms with van der Waals surface area (Å²) in [6.07, 6.45) is 4.22. The molecule has 6 nitrogen and oxygen atoms in total. The van der Waals surface area contributed by atoms with Gasteiger partial charge in [-0.1, -0.05) is 24.6 Å². The van der Waals surface area contributed by atoms with E-state index in [1.165, 1.54) is 4.31 Å². The fourth-order valence-electron chi connectivity index (χ4n) is 3.45. The fraction of sp³-hybridized carbons (Fsp3) is 0.588. The molecule has 2 N–H and O–H groups in total. The number of piperidine rings is 2. The number of sulfonamides is 1. The molecule has 2 aliphatic rings. The number of amides is 1. The maximum absolute atomic E-state index is 12.9. The number of rotatable bonds is 4. The van der Waals surface area contributed by atoms with Gasteiger partial charge in [-0.2, -0.15) is 4.31 Å². The second-order valence-corrected chi connectivity index (χ2v) is 8.38. The molecule has 2 atom stereocenters. The fourth-order valence-corrected chi connectivity index (χ4v) is 5.13. The van der Waals surface area contributed by atoms with Crippen LogP contribution >= 0.6 is 0 Å². The van der Waals surface area contributed by atoms with Crippen molar-refractivity contribution < 1.29 is 13.2 Å². The quantitative estimate of drug-likeness (QED) is 0.851. The molecule has 2 fully saturated rings. The van der Waals surface area contributed by atoms with E-state index < -0.39 is 16.1 Å². The van der Waals surface area contributed by atoms with E-state index in [1.54, 1.807) is 30.3 Å². The Morgan fingerprint density at radius 1 is 1.12 bits per heavy atom. The van der Waals surface area contributed by atoms with Crippen LogP contribution in [0.2, 0.25) is 0 Å². The van der Waals surface area contributed by atoms with Crippen LogP contribution < -0.4 is 10.6 Å². The predicted molar refractivity (Wildman–Crippen MR) is 92.0 cm³/mol. The van der Waals surface area contributed by atoms with Crippen molar-refractivity contribution in [1.82, 2.24) is 14.9 Å². The second-order valence-electron chi connectivity index (χ2n) is 6.49. The van der Waals surface area contributed by atoms with E-state index >= 15 is 0 Å². The number of hydrogen-bond acceptors (Lipinski definition) is 4. The van der Waals surface area contributed by atoms with Gasteiger partial charge in [0.25, 0.3) is 0 Å². The van der Waals surface area contributed by atoms with Gasteiger partial charge >= 0.3 is 0 Å². The molecule has 0 spiro atoms. The lowest BCUT2D eigenvalue weighted by atomic mass is 10.0. The van der Waals surface area contributed by atoms with Gasteiger partial charge in [0.2, 0.25) is 15.9 Å². The van der Waals surface area contributed by atoms with Crippen molar-refractivity contribution in [3.63, 3.8) is 0 Å². The molecule has 3 rings (SSSR count). The molecule has 0 bridgehead atoms. The summed E-state index contributed by atoms with van der Waals surface area (Å²) in [6, 6.07) is 7.86. The van der Waals surface area contributed by atoms with Crippen LogP contribution in [0.15, 0.2) is 35.2 Å². The Kier molecular flexibility index (Phi) is 5.53. The lowest BCUT2D eigenvalue weighted by Gasteiger charge is -2.35. The molecule has 1 aromatic rings. The van der Waals surface area contributed by atoms with E-state index in [0.717, 1.165) is 38.8 Å². The second kappa shape index (κ2) is 7.63. The van der Waals surface area contributed by atoms with Crippen LogP contribution in [0, 0.1) is 0 Å². The number of nitrogens with one attached hydrogen (secondary N) is 2. The van der Waals surface area contributed by atoms with Gasteiger partial charge in [-0.05, 0) is 44.4 Å². The van der Waals surface area contributed by atoms with Crippen LogP contribution in [-0.2, 0) is 14.8 Å². The zero-order valence-electron chi connectivity index (χ0n) is 13.8. The van der Waals surface area contributed by atoms with Crippen molar-refractivity contribution in [2.75, 3.05) is 19.6 Å². The molecule has 0 radical (unpaired) electrons. The van der Waals surface area contributed by atoms with E-state index in [9.17, 15) is 13.2 Å². The van der Waals surface area contributed by atoms with Crippen LogP contribution in [0.25, 0.3) is 0 Å². The van der Waals surface area contributed by atoms with Crippen molar-refractivity contribution >= 4 is 15.9 Å². The highest BCUT2D eigenvalue weighted by Crippen LogP contribution is 2.25. The van der Waals surface area contributed by atoms with Gasteiger partial charge in [-0.25, -0.2) is 8.42 Å². The molecular weight excluding hydrogens is 326 g/mol. The molecule has 0 aromatic heterocycles. The van der Waals surface area contributed by atoms with Crippen molar-refractivity contribution in [3.05, 3.63) is 30.3 Å². The molecule has 0 aliphatic carbocycles. The Balaban J connectivity index is 1.76. The average molecular weight is 351 g/mol. The molecule has 24 heavy (non-hydrogen) atoms. The predicted octanol–water partition coefficient (Wildman–Crippen LogP) is 1.10. The van der Waals surface area contributed by atoms with Gasteiger partial charge in [0.05, 0.1) is 4.90 Å². The van der Waals surface area contributed by atoms with Crippen molar-refractivity contribution in [3.8, 4) is 0 Å². The topological polar surface area (TPSA) is 78.5 Å². The maximum atomic E-state index is 12.9. The summed E-state index contributed by atoms with van der Waals surface area (Å²) in [5.74, 6) is -0.164. The van der Waals surface area contributed by atoms with Crippen LogP contribution in [0.5, 0.6) is 0 Å². The van der Waals surface area contributed by atoms with Gasteiger partial charge in [-0.15, -0.1) is 0 Å². The third-order valence-electron chi connectivity index (χ3n) is 4.75. The summed E-state index contributed by atoms with van der Waals surface area (Å²) < 4.78 is 27.2. The lowest BCUT2D eigenvalue weighted by Crippen LogP contribution is -2.55. The molecule has 1 unspecified atom stereocenters. The summed E-state index contributed by atoms with van der Waals surface area (Å²) in [5, 5.41) is 6.30. The van der Waals surface area contributed by atoms with Gasteiger partial charge in [0.15, 0.2) is 0 Å². The molecule has 1 amide bonds. The van der Waals surface area contributed by atoms with Gasteiger partial charge in [-0.3, -0.25) is 4.79 Å². The standard InChI is InChI=1S/C17H25N3O3S/c21-17(19-14-7-6-11-18-13-14)16-10-4-5-12-20(16)24(22,23)15-8-2-1-3-9-15/h1-3,8-9,14,16,18H,4-7,10-13H2,(H,19,21)/t14-,16?/m0/s1. The highest BCUT2D eigenvalue weighted by Gasteiger charge is 2.38. The van der Waals surface area contributed by atoms with E-state index in [-0.39, 0.29) is 16.8 Å². The minimum absolute atomic E-state index is 0.0921. The Bertz CT molecular complexity index is 657. The molecule has 0 saturated carbocycles. The Morgan fingerprint density at radius 3 is 2.62 bits per heavy atom. The molecule has 1 aromatic carbocycles. The van der Waals surface area contributed by atoms with Crippen LogP contribution in [0.1, 0.15) is 32.1 Å². The molecule has 2 heterocycles. The zero-order valence-corrected chi connectivity index (χ0v) is 14.6. The van der Waals surface area contributed by atoms with Crippen molar-refractivity contribution in [2.24, 2.45) is 0 Å². The largest absolute Gasteiger partial charge is 0.351 e. The minimum Gasteiger partial charge on any atom is -0.351 e. The number of carbonyl (C=O) groups excluding carboxylic acids is 1. The van der Waals surface area contributed by atoms with Crippen molar-refractivity contribution in [1.29, 1.82) is 0 Å². The zero-order chi connectivity index (χ0) is 17.0. The normalized spacial score (nSPS) is 26.0. The van der Waals surface area contributed by atoms with Crippen molar-refractivity contribution in [2.45, 2.75) is 49.1 Å². The Morgan fingerprint density at radius 2 is 1.92 bits per heavy atom. The first-order chi connectivity index (χ1) is 11.6. The van der Waals surface area contributed by atoms with Crippen LogP contribution in [-0.4, -0.2) is 50.3 Å². The van der Waals surface area contributed by atoms with Gasteiger partial charge in [0, 0.05) is 19.1 Å². The molecule has 7 heteroatoms. The van der Waals surface area contributed by atoms with E-state index in [4.69, 9.17) is 0 Å². The minimum atomic E-state index is -3.64. The summed E-state index contributed by atoms with van der Waals surface area (Å²) in [5.41, 5.74) is 0. The van der Waals surface area contributed by atoms with E-state index in [0.29, 0.717) is 13.0 Å². The summed E-state index contributed by atoms with van der Waals surface area (Å²) in [6.45, 7) is 2.13. The highest BCUT2D eigenvalue weighted by molar-refractivity contribution is 7.89. The Hall–Kier alpha value is -1.44. The van der Waals surface area contributed by atoms with Crippen LogP contribution in [0.3, 0.4) is 0 Å². The highest BCUT2D eigenvalue weighted by atomic mass is 32.2. The summed E-state index contributed by atoms with van der Waals surface area (Å²) >= 11 is 0. The Labute approximate surface area is 143 Å². The third-order valence-corrected chi connectivity index (χ3v) is 6.67.